The number of carbonyl (C=O) groups excluding carboxylic acids is 1. The van der Waals surface area contributed by atoms with Gasteiger partial charge in [-0.1, -0.05) is 0 Å². The molecular weight excluding hydrogens is 178 g/mol. The molecule has 0 radical (unpaired) electrons. The summed E-state index contributed by atoms with van der Waals surface area (Å²) in [7, 11) is 3.81. The van der Waals surface area contributed by atoms with Crippen LogP contribution in [0.1, 0.15) is 27.2 Å². The fourth-order valence-corrected chi connectivity index (χ4v) is 1.03. The van der Waals surface area contributed by atoms with E-state index in [2.05, 4.69) is 24.1 Å². The first-order valence-corrected chi connectivity index (χ1v) is 5.02. The maximum Gasteiger partial charge on any atom is 0.237 e. The summed E-state index contributed by atoms with van der Waals surface area (Å²) in [6.45, 7) is 6.95. The summed E-state index contributed by atoms with van der Waals surface area (Å²) in [6, 6.07) is 0.490. The molecule has 4 heteroatoms. The zero-order valence-electron chi connectivity index (χ0n) is 9.92. The fourth-order valence-electron chi connectivity index (χ4n) is 1.03. The molecule has 0 aliphatic rings. The van der Waals surface area contributed by atoms with Crippen LogP contribution in [0.25, 0.3) is 0 Å². The zero-order valence-corrected chi connectivity index (χ0v) is 9.92. The van der Waals surface area contributed by atoms with Crippen LogP contribution in [-0.4, -0.2) is 43.0 Å². The van der Waals surface area contributed by atoms with Gasteiger partial charge in [-0.15, -0.1) is 0 Å². The first-order valence-electron chi connectivity index (χ1n) is 5.02. The van der Waals surface area contributed by atoms with Gasteiger partial charge >= 0.3 is 0 Å². The van der Waals surface area contributed by atoms with E-state index in [0.29, 0.717) is 6.04 Å². The lowest BCUT2D eigenvalue weighted by Crippen LogP contribution is -2.53. The Labute approximate surface area is 86.8 Å². The van der Waals surface area contributed by atoms with E-state index in [9.17, 15) is 4.79 Å². The highest BCUT2D eigenvalue weighted by atomic mass is 16.1. The molecule has 0 heterocycles. The van der Waals surface area contributed by atoms with Crippen molar-refractivity contribution in [1.29, 1.82) is 0 Å². The van der Waals surface area contributed by atoms with Crippen molar-refractivity contribution in [1.82, 2.24) is 10.2 Å². The first-order chi connectivity index (χ1) is 6.33. The summed E-state index contributed by atoms with van der Waals surface area (Å²) in [5, 5.41) is 2.97. The highest BCUT2D eigenvalue weighted by Crippen LogP contribution is 2.09. The van der Waals surface area contributed by atoms with E-state index in [4.69, 9.17) is 5.73 Å². The van der Waals surface area contributed by atoms with Crippen molar-refractivity contribution in [2.45, 2.75) is 38.8 Å². The molecule has 0 aromatic rings. The number of nitrogens with zero attached hydrogens (tertiary/aromatic N) is 1. The molecule has 0 fully saturated rings. The van der Waals surface area contributed by atoms with Gasteiger partial charge in [0, 0.05) is 12.6 Å². The normalized spacial score (nSPS) is 15.9. The highest BCUT2D eigenvalue weighted by Gasteiger charge is 2.28. The van der Waals surface area contributed by atoms with Crippen LogP contribution in [0.5, 0.6) is 0 Å². The van der Waals surface area contributed by atoms with E-state index in [1.54, 1.807) is 7.05 Å². The maximum absolute atomic E-state index is 11.2. The lowest BCUT2D eigenvalue weighted by atomic mass is 9.97. The average molecular weight is 201 g/mol. The van der Waals surface area contributed by atoms with Gasteiger partial charge in [0.1, 0.15) is 0 Å². The molecule has 3 N–H and O–H groups in total. The van der Waals surface area contributed by atoms with E-state index in [0.717, 1.165) is 13.0 Å². The molecule has 0 saturated carbocycles. The van der Waals surface area contributed by atoms with Crippen molar-refractivity contribution in [3.05, 3.63) is 0 Å². The maximum atomic E-state index is 11.2. The quantitative estimate of drug-likeness (QED) is 0.644. The Morgan fingerprint density at radius 2 is 2.07 bits per heavy atom. The Hall–Kier alpha value is -0.610. The molecule has 4 nitrogen and oxygen atoms in total. The third-order valence-electron chi connectivity index (χ3n) is 2.94. The molecule has 0 rings (SSSR count). The van der Waals surface area contributed by atoms with Crippen molar-refractivity contribution < 1.29 is 4.79 Å². The van der Waals surface area contributed by atoms with E-state index >= 15 is 0 Å². The molecule has 0 aliphatic carbocycles. The summed E-state index contributed by atoms with van der Waals surface area (Å²) < 4.78 is 0. The molecule has 14 heavy (non-hydrogen) atoms. The number of primary amides is 1. The molecule has 0 spiro atoms. The third-order valence-corrected chi connectivity index (χ3v) is 2.94. The summed E-state index contributed by atoms with van der Waals surface area (Å²) >= 11 is 0. The van der Waals surface area contributed by atoms with Gasteiger partial charge in [0.15, 0.2) is 0 Å². The minimum Gasteiger partial charge on any atom is -0.368 e. The minimum atomic E-state index is -0.594. The smallest absolute Gasteiger partial charge is 0.237 e. The predicted molar refractivity (Wildman–Crippen MR) is 59.0 cm³/mol. The number of likely N-dealkylation sites (N-methyl/N-ethyl adjacent to an activating group) is 1. The predicted octanol–water partition coefficient (Wildman–Crippen LogP) is 0.180. The summed E-state index contributed by atoms with van der Waals surface area (Å²) in [5.74, 6) is -0.294. The highest BCUT2D eigenvalue weighted by molar-refractivity contribution is 5.84. The van der Waals surface area contributed by atoms with Gasteiger partial charge in [-0.25, -0.2) is 0 Å². The van der Waals surface area contributed by atoms with Crippen LogP contribution in [0.2, 0.25) is 0 Å². The number of nitrogens with one attached hydrogen (secondary N) is 1. The summed E-state index contributed by atoms with van der Waals surface area (Å²) in [4.78, 5) is 13.4. The van der Waals surface area contributed by atoms with E-state index in [1.807, 2.05) is 14.0 Å². The number of hydrogen-bond acceptors (Lipinski definition) is 3. The van der Waals surface area contributed by atoms with Gasteiger partial charge in [0.25, 0.3) is 0 Å². The molecular formula is C10H23N3O. The Morgan fingerprint density at radius 3 is 2.36 bits per heavy atom. The second kappa shape index (κ2) is 5.32. The molecule has 0 aliphatic heterocycles. The van der Waals surface area contributed by atoms with Crippen LogP contribution in [0.15, 0.2) is 0 Å². The van der Waals surface area contributed by atoms with E-state index in [1.165, 1.54) is 0 Å². The van der Waals surface area contributed by atoms with Crippen molar-refractivity contribution in [3.8, 4) is 0 Å². The Morgan fingerprint density at radius 1 is 1.57 bits per heavy atom. The molecule has 0 saturated heterocycles. The molecule has 1 atom stereocenters. The van der Waals surface area contributed by atoms with Gasteiger partial charge in [0.05, 0.1) is 5.54 Å². The fraction of sp³-hybridized carbons (Fsp3) is 0.900. The molecule has 0 aromatic heterocycles. The molecule has 0 aromatic carbocycles. The number of rotatable bonds is 6. The summed E-state index contributed by atoms with van der Waals surface area (Å²) in [5.41, 5.74) is 4.73. The number of carbonyl (C=O) groups is 1. The molecule has 1 amide bonds. The number of amides is 1. The van der Waals surface area contributed by atoms with E-state index in [-0.39, 0.29) is 5.91 Å². The van der Waals surface area contributed by atoms with Gasteiger partial charge < -0.3 is 16.0 Å². The third kappa shape index (κ3) is 3.64. The van der Waals surface area contributed by atoms with Crippen molar-refractivity contribution in [3.63, 3.8) is 0 Å². The summed E-state index contributed by atoms with van der Waals surface area (Å²) in [6.07, 6.45) is 0.730. The van der Waals surface area contributed by atoms with Crippen LogP contribution in [0.3, 0.4) is 0 Å². The standard InChI is InChI=1S/C10H23N3O/c1-8(2)13(5)7-6-10(3,12-4)9(11)14/h8,12H,6-7H2,1-5H3,(H2,11,14). The Bertz CT molecular complexity index is 194. The molecule has 1 unspecified atom stereocenters. The zero-order chi connectivity index (χ0) is 11.4. The van der Waals surface area contributed by atoms with Gasteiger partial charge in [0.2, 0.25) is 5.91 Å². The van der Waals surface area contributed by atoms with Crippen LogP contribution in [0, 0.1) is 0 Å². The lowest BCUT2D eigenvalue weighted by Gasteiger charge is -2.29. The van der Waals surface area contributed by atoms with Gasteiger partial charge in [-0.05, 0) is 41.3 Å². The minimum absolute atomic E-state index is 0.294. The molecule has 0 bridgehead atoms. The van der Waals surface area contributed by atoms with Crippen LogP contribution in [-0.2, 0) is 4.79 Å². The largest absolute Gasteiger partial charge is 0.368 e. The SMILES string of the molecule is CNC(C)(CCN(C)C(C)C)C(N)=O. The average Bonchev–Trinajstić information content (AvgIpc) is 2.12. The second-order valence-corrected chi connectivity index (χ2v) is 4.27. The van der Waals surface area contributed by atoms with Crippen LogP contribution >= 0.6 is 0 Å². The number of nitrogens with two attached hydrogens (primary N) is 1. The topological polar surface area (TPSA) is 58.4 Å². The Balaban J connectivity index is 4.15. The van der Waals surface area contributed by atoms with Crippen molar-refractivity contribution in [2.75, 3.05) is 20.6 Å². The lowest BCUT2D eigenvalue weighted by molar-refractivity contribution is -0.124. The van der Waals surface area contributed by atoms with E-state index < -0.39 is 5.54 Å². The van der Waals surface area contributed by atoms with Gasteiger partial charge in [-0.3, -0.25) is 4.79 Å². The van der Waals surface area contributed by atoms with Crippen LogP contribution in [0.4, 0.5) is 0 Å². The molecule has 84 valence electrons. The van der Waals surface area contributed by atoms with Crippen LogP contribution < -0.4 is 11.1 Å². The number of hydrogen-bond donors (Lipinski definition) is 2. The van der Waals surface area contributed by atoms with Crippen molar-refractivity contribution >= 4 is 5.91 Å². The van der Waals surface area contributed by atoms with Gasteiger partial charge in [-0.2, -0.15) is 0 Å². The Kier molecular flexibility index (Phi) is 5.08. The van der Waals surface area contributed by atoms with Crippen molar-refractivity contribution in [2.24, 2.45) is 5.73 Å². The second-order valence-electron chi connectivity index (χ2n) is 4.27. The monoisotopic (exact) mass is 201 g/mol. The first kappa shape index (κ1) is 13.4.